The number of para-hydroxylation sites is 4. The number of hydrogen-bond acceptors (Lipinski definition) is 3. The first kappa shape index (κ1) is 46.1. The minimum atomic E-state index is -0.465. The minimum Gasteiger partial charge on any atom is -0.493 e. The second-order valence-corrected chi connectivity index (χ2v) is 22.0. The molecule has 0 fully saturated rings. The van der Waals surface area contributed by atoms with E-state index in [4.69, 9.17) is 4.98 Å². The molecule has 4 nitrogen and oxygen atoms in total. The van der Waals surface area contributed by atoms with Crippen LogP contribution in [0.25, 0.3) is 27.6 Å². The van der Waals surface area contributed by atoms with Crippen LogP contribution in [0.5, 0.6) is 0 Å². The normalized spacial score (nSPS) is 13.7. The van der Waals surface area contributed by atoms with Crippen LogP contribution in [0.1, 0.15) is 129 Å². The van der Waals surface area contributed by atoms with Crippen molar-refractivity contribution in [3.63, 3.8) is 0 Å². The van der Waals surface area contributed by atoms with Gasteiger partial charge < -0.3 is 14.4 Å². The zero-order valence-electron chi connectivity index (χ0n) is 40.5. The van der Waals surface area contributed by atoms with E-state index >= 15 is 0 Å². The van der Waals surface area contributed by atoms with Crippen LogP contribution in [0.15, 0.2) is 140 Å². The molecule has 1 aliphatic rings. The Hall–Kier alpha value is -5.44. The van der Waals surface area contributed by atoms with Crippen LogP contribution in [-0.4, -0.2) is 9.55 Å². The zero-order chi connectivity index (χ0) is 45.6. The molecule has 9 rings (SSSR count). The molecule has 0 atom stereocenters. The van der Waals surface area contributed by atoms with Gasteiger partial charge in [0, 0.05) is 55.3 Å². The summed E-state index contributed by atoms with van der Waals surface area (Å²) < 4.78 is 2.31. The Labute approximate surface area is 403 Å². The molecule has 5 heteroatoms. The van der Waals surface area contributed by atoms with Gasteiger partial charge in [-0.2, -0.15) is 47.0 Å². The molecule has 0 aliphatic carbocycles. The van der Waals surface area contributed by atoms with Crippen molar-refractivity contribution in [3.05, 3.63) is 197 Å². The van der Waals surface area contributed by atoms with Gasteiger partial charge in [0.25, 0.3) is 0 Å². The summed E-state index contributed by atoms with van der Waals surface area (Å²) in [6.07, 6.45) is 1.96. The average Bonchev–Trinajstić information content (AvgIpc) is 3.81. The third-order valence-corrected chi connectivity index (χ3v) is 13.6. The van der Waals surface area contributed by atoms with Crippen molar-refractivity contribution in [1.29, 1.82) is 0 Å². The molecule has 0 radical (unpaired) electrons. The fraction of sp³-hybridized carbons (Fsp3) is 0.300. The number of nitrogens with zero attached hydrogens (tertiary/aromatic N) is 4. The summed E-state index contributed by atoms with van der Waals surface area (Å²) in [7, 11) is 0. The number of rotatable bonds is 7. The zero-order valence-corrected chi connectivity index (χ0v) is 42.7. The summed E-state index contributed by atoms with van der Waals surface area (Å²) in [5, 5.41) is 2.35. The van der Waals surface area contributed by atoms with Gasteiger partial charge in [-0.25, -0.2) is 4.98 Å². The molecule has 0 N–H and O–H groups in total. The van der Waals surface area contributed by atoms with Crippen molar-refractivity contribution in [3.8, 4) is 5.82 Å². The first-order chi connectivity index (χ1) is 30.2. The van der Waals surface area contributed by atoms with Gasteiger partial charge in [0.1, 0.15) is 5.82 Å². The molecular weight excluding hydrogens is 972 g/mol. The molecule has 0 amide bonds. The Morgan fingerprint density at radius 2 is 1.09 bits per heavy atom. The third kappa shape index (κ3) is 8.15. The van der Waals surface area contributed by atoms with Gasteiger partial charge in [0.15, 0.2) is 0 Å². The second-order valence-electron chi connectivity index (χ2n) is 22.0. The SMILES string of the molecule is CC(C)(C)c1cc(N2[CH-]N(c3c(C(C)(C)C)cccc3C(C)(C)C)c3ccccc32)[c-]c(C(C)(C)c2[c-]c3c(cc2)c2ccccc2n3-c2cc(C(C)(C)c3ccccc3)ccn2)c1.[Pt]. The molecule has 8 aromatic rings. The maximum absolute atomic E-state index is 5.04. The van der Waals surface area contributed by atoms with E-state index in [-0.39, 0.29) is 42.7 Å². The topological polar surface area (TPSA) is 24.3 Å². The third-order valence-electron chi connectivity index (χ3n) is 13.6. The Morgan fingerprint density at radius 1 is 0.477 bits per heavy atom. The molecule has 1 aliphatic heterocycles. The molecule has 336 valence electrons. The van der Waals surface area contributed by atoms with E-state index in [1.807, 2.05) is 6.20 Å². The average molecular weight is 1040 g/mol. The van der Waals surface area contributed by atoms with Crippen molar-refractivity contribution in [2.45, 2.75) is 117 Å². The van der Waals surface area contributed by atoms with Crippen molar-refractivity contribution in [2.24, 2.45) is 0 Å². The Morgan fingerprint density at radius 3 is 1.74 bits per heavy atom. The maximum atomic E-state index is 5.04. The second kappa shape index (κ2) is 16.5. The summed E-state index contributed by atoms with van der Waals surface area (Å²) in [5.74, 6) is 0.887. The fourth-order valence-electron chi connectivity index (χ4n) is 9.54. The first-order valence-electron chi connectivity index (χ1n) is 22.9. The minimum absolute atomic E-state index is 0. The van der Waals surface area contributed by atoms with Crippen LogP contribution in [0.4, 0.5) is 22.7 Å². The van der Waals surface area contributed by atoms with Gasteiger partial charge in [-0.15, -0.1) is 23.8 Å². The van der Waals surface area contributed by atoms with Crippen molar-refractivity contribution in [2.75, 3.05) is 9.80 Å². The summed E-state index contributed by atoms with van der Waals surface area (Å²) in [5.41, 5.74) is 14.4. The van der Waals surface area contributed by atoms with Gasteiger partial charge >= 0.3 is 0 Å². The molecular formula is C60H63N4Pt-3. The van der Waals surface area contributed by atoms with Crippen molar-refractivity contribution in [1.82, 2.24) is 9.55 Å². The van der Waals surface area contributed by atoms with Crippen LogP contribution in [-0.2, 0) is 48.1 Å². The van der Waals surface area contributed by atoms with Gasteiger partial charge in [-0.05, 0) is 79.6 Å². The van der Waals surface area contributed by atoms with Crippen LogP contribution >= 0.6 is 0 Å². The predicted octanol–water partition coefficient (Wildman–Crippen LogP) is 15.7. The van der Waals surface area contributed by atoms with E-state index < -0.39 is 5.41 Å². The maximum Gasteiger partial charge on any atom is 0.135 e. The summed E-state index contributed by atoms with van der Waals surface area (Å²) in [4.78, 5) is 9.83. The monoisotopic (exact) mass is 1030 g/mol. The van der Waals surface area contributed by atoms with E-state index in [9.17, 15) is 0 Å². The standard InChI is InChI=1S/C60H63N4.Pt/c1-56(2,3)43-34-44(36-45(35-43)62-39-63(52-29-20-19-28-51(52)62)55-48(57(4,5)6)25-21-26-49(55)58(7,8)9)60(12,13)41-30-31-47-46-24-17-18-27-50(46)64(53(47)37-41)54-38-42(32-33-61-54)59(10,11)40-22-15-14-16-23-40;/h14-35,38-39H,1-13H3;/q-3;. The van der Waals surface area contributed by atoms with Gasteiger partial charge in [-0.3, -0.25) is 0 Å². The number of aromatic nitrogens is 2. The summed E-state index contributed by atoms with van der Waals surface area (Å²) >= 11 is 0. The molecule has 0 spiro atoms. The van der Waals surface area contributed by atoms with Crippen LogP contribution < -0.4 is 9.80 Å². The van der Waals surface area contributed by atoms with Crippen molar-refractivity contribution < 1.29 is 21.1 Å². The summed E-state index contributed by atoms with van der Waals surface area (Å²) in [6, 6.07) is 56.8. The number of hydrogen-bond donors (Lipinski definition) is 0. The number of anilines is 4. The van der Waals surface area contributed by atoms with Gasteiger partial charge in [0.2, 0.25) is 0 Å². The summed E-state index contributed by atoms with van der Waals surface area (Å²) in [6.45, 7) is 32.4. The molecule has 0 saturated heterocycles. The Balaban J connectivity index is 0.00000576. The number of fused-ring (bicyclic) bond motifs is 4. The molecule has 65 heavy (non-hydrogen) atoms. The molecule has 6 aromatic carbocycles. The Bertz CT molecular complexity index is 3010. The van der Waals surface area contributed by atoms with E-state index in [0.717, 1.165) is 50.4 Å². The van der Waals surface area contributed by atoms with Crippen LogP contribution in [0.2, 0.25) is 0 Å². The largest absolute Gasteiger partial charge is 0.493 e. The van der Waals surface area contributed by atoms with Crippen LogP contribution in [0, 0.1) is 18.8 Å². The molecule has 2 aromatic heterocycles. The van der Waals surface area contributed by atoms with E-state index in [1.165, 1.54) is 38.9 Å². The molecule has 0 bridgehead atoms. The predicted molar refractivity (Wildman–Crippen MR) is 271 cm³/mol. The van der Waals surface area contributed by atoms with Crippen LogP contribution in [0.3, 0.4) is 0 Å². The number of pyridine rings is 1. The van der Waals surface area contributed by atoms with Gasteiger partial charge in [-0.1, -0.05) is 174 Å². The van der Waals surface area contributed by atoms with Crippen molar-refractivity contribution >= 4 is 44.6 Å². The molecule has 0 saturated carbocycles. The van der Waals surface area contributed by atoms with E-state index in [0.29, 0.717) is 0 Å². The molecule has 0 unspecified atom stereocenters. The smallest absolute Gasteiger partial charge is 0.135 e. The fourth-order valence-corrected chi connectivity index (χ4v) is 9.54. The molecule has 3 heterocycles. The van der Waals surface area contributed by atoms with Gasteiger partial charge in [0.05, 0.1) is 0 Å². The van der Waals surface area contributed by atoms with E-state index in [1.54, 1.807) is 0 Å². The quantitative estimate of drug-likeness (QED) is 0.149. The Kier molecular flexibility index (Phi) is 11.7. The number of benzene rings is 6. The van der Waals surface area contributed by atoms with E-state index in [2.05, 4.69) is 257 Å². The first-order valence-corrected chi connectivity index (χ1v) is 22.9.